The van der Waals surface area contributed by atoms with Crippen molar-refractivity contribution in [3.8, 4) is 0 Å². The van der Waals surface area contributed by atoms with E-state index in [1.165, 1.54) is 5.69 Å². The summed E-state index contributed by atoms with van der Waals surface area (Å²) in [5.74, 6) is 0.945. The van der Waals surface area contributed by atoms with E-state index in [0.717, 1.165) is 36.2 Å². The summed E-state index contributed by atoms with van der Waals surface area (Å²) in [6, 6.07) is 6.24. The lowest BCUT2D eigenvalue weighted by molar-refractivity contribution is 0.285. The van der Waals surface area contributed by atoms with Crippen LogP contribution in [0.4, 0.5) is 5.69 Å². The number of aliphatic hydroxyl groups is 1. The molecule has 0 bridgehead atoms. The van der Waals surface area contributed by atoms with Gasteiger partial charge in [-0.3, -0.25) is 0 Å². The summed E-state index contributed by atoms with van der Waals surface area (Å²) >= 11 is 0. The van der Waals surface area contributed by atoms with Crippen LogP contribution in [0.15, 0.2) is 18.2 Å². The van der Waals surface area contributed by atoms with Gasteiger partial charge in [-0.15, -0.1) is 0 Å². The molecular formula is C13H19N3O. The molecule has 0 saturated heterocycles. The van der Waals surface area contributed by atoms with E-state index in [9.17, 15) is 0 Å². The maximum atomic E-state index is 8.76. The summed E-state index contributed by atoms with van der Waals surface area (Å²) < 4.78 is 0. The standard InChI is InChI=1S/C13H19N3O/c1-10-14-12-6-5-11(9-13(12)15-10)16(2)7-3-4-8-17/h5-6,9,17H,3-4,7-8H2,1-2H3,(H,14,15). The zero-order valence-electron chi connectivity index (χ0n) is 10.4. The molecule has 0 radical (unpaired) electrons. The number of aryl methyl sites for hydroxylation is 1. The number of aliphatic hydroxyl groups excluding tert-OH is 1. The Morgan fingerprint density at radius 2 is 2.18 bits per heavy atom. The second-order valence-electron chi connectivity index (χ2n) is 4.38. The minimum Gasteiger partial charge on any atom is -0.396 e. The highest BCUT2D eigenvalue weighted by Gasteiger charge is 2.04. The van der Waals surface area contributed by atoms with Crippen molar-refractivity contribution >= 4 is 16.7 Å². The molecule has 2 N–H and O–H groups in total. The Morgan fingerprint density at radius 1 is 1.35 bits per heavy atom. The summed E-state index contributed by atoms with van der Waals surface area (Å²) in [4.78, 5) is 9.82. The molecule has 0 saturated carbocycles. The van der Waals surface area contributed by atoms with Gasteiger partial charge in [-0.05, 0) is 38.0 Å². The van der Waals surface area contributed by atoms with Gasteiger partial charge in [-0.25, -0.2) is 4.98 Å². The van der Waals surface area contributed by atoms with Crippen LogP contribution >= 0.6 is 0 Å². The first kappa shape index (κ1) is 11.9. The largest absolute Gasteiger partial charge is 0.396 e. The number of imidazole rings is 1. The minimum absolute atomic E-state index is 0.270. The van der Waals surface area contributed by atoms with Crippen molar-refractivity contribution in [2.75, 3.05) is 25.1 Å². The van der Waals surface area contributed by atoms with E-state index in [1.54, 1.807) is 0 Å². The minimum atomic E-state index is 0.270. The number of fused-ring (bicyclic) bond motifs is 1. The molecular weight excluding hydrogens is 214 g/mol. The van der Waals surface area contributed by atoms with Gasteiger partial charge in [0.05, 0.1) is 11.0 Å². The molecule has 0 aliphatic carbocycles. The average Bonchev–Trinajstić information content (AvgIpc) is 2.68. The first-order valence-electron chi connectivity index (χ1n) is 5.99. The molecule has 4 nitrogen and oxygen atoms in total. The van der Waals surface area contributed by atoms with Crippen LogP contribution in [0.5, 0.6) is 0 Å². The van der Waals surface area contributed by atoms with Crippen molar-refractivity contribution in [2.24, 2.45) is 0 Å². The third-order valence-electron chi connectivity index (χ3n) is 2.93. The normalized spacial score (nSPS) is 11.0. The Kier molecular flexibility index (Phi) is 3.64. The Bertz CT molecular complexity index is 492. The molecule has 0 amide bonds. The van der Waals surface area contributed by atoms with Crippen LogP contribution < -0.4 is 4.90 Å². The quantitative estimate of drug-likeness (QED) is 0.777. The molecule has 0 atom stereocenters. The molecule has 0 unspecified atom stereocenters. The van der Waals surface area contributed by atoms with Gasteiger partial charge in [0, 0.05) is 25.9 Å². The smallest absolute Gasteiger partial charge is 0.104 e. The second-order valence-corrected chi connectivity index (χ2v) is 4.38. The first-order chi connectivity index (χ1) is 8.20. The van der Waals surface area contributed by atoms with Crippen molar-refractivity contribution in [3.05, 3.63) is 24.0 Å². The number of unbranched alkanes of at least 4 members (excludes halogenated alkanes) is 1. The van der Waals surface area contributed by atoms with E-state index in [1.807, 2.05) is 13.0 Å². The Balaban J connectivity index is 2.12. The number of H-pyrrole nitrogens is 1. The van der Waals surface area contributed by atoms with Crippen LogP contribution in [0, 0.1) is 6.92 Å². The van der Waals surface area contributed by atoms with E-state index in [4.69, 9.17) is 5.11 Å². The van der Waals surface area contributed by atoms with Crippen LogP contribution in [0.3, 0.4) is 0 Å². The molecule has 2 rings (SSSR count). The molecule has 92 valence electrons. The van der Waals surface area contributed by atoms with Gasteiger partial charge >= 0.3 is 0 Å². The highest BCUT2D eigenvalue weighted by atomic mass is 16.2. The summed E-state index contributed by atoms with van der Waals surface area (Å²) in [7, 11) is 2.07. The maximum absolute atomic E-state index is 8.76. The van der Waals surface area contributed by atoms with Crippen LogP contribution in [0.2, 0.25) is 0 Å². The van der Waals surface area contributed by atoms with Gasteiger partial charge in [0.1, 0.15) is 5.82 Å². The zero-order chi connectivity index (χ0) is 12.3. The number of nitrogens with one attached hydrogen (secondary N) is 1. The number of nitrogens with zero attached hydrogens (tertiary/aromatic N) is 2. The molecule has 1 aromatic carbocycles. The van der Waals surface area contributed by atoms with Gasteiger partial charge in [-0.1, -0.05) is 0 Å². The summed E-state index contributed by atoms with van der Waals surface area (Å²) in [6.07, 6.45) is 1.86. The van der Waals surface area contributed by atoms with E-state index < -0.39 is 0 Å². The molecule has 0 spiro atoms. The number of benzene rings is 1. The number of hydrogen-bond donors (Lipinski definition) is 2. The fourth-order valence-corrected chi connectivity index (χ4v) is 1.95. The molecule has 0 aliphatic heterocycles. The van der Waals surface area contributed by atoms with Crippen molar-refractivity contribution < 1.29 is 5.11 Å². The number of hydrogen-bond acceptors (Lipinski definition) is 3. The fourth-order valence-electron chi connectivity index (χ4n) is 1.95. The van der Waals surface area contributed by atoms with Crippen molar-refractivity contribution in [1.29, 1.82) is 0 Å². The molecule has 4 heteroatoms. The summed E-state index contributed by atoms with van der Waals surface area (Å²) in [6.45, 7) is 3.19. The van der Waals surface area contributed by atoms with Gasteiger partial charge in [0.2, 0.25) is 0 Å². The lowest BCUT2D eigenvalue weighted by Gasteiger charge is -2.18. The molecule has 1 aromatic heterocycles. The fraction of sp³-hybridized carbons (Fsp3) is 0.462. The predicted octanol–water partition coefficient (Wildman–Crippen LogP) is 2.08. The Labute approximate surface area is 101 Å². The predicted molar refractivity (Wildman–Crippen MR) is 70.4 cm³/mol. The average molecular weight is 233 g/mol. The first-order valence-corrected chi connectivity index (χ1v) is 5.99. The Hall–Kier alpha value is -1.55. The van der Waals surface area contributed by atoms with Crippen LogP contribution in [0.25, 0.3) is 11.0 Å². The number of rotatable bonds is 5. The molecule has 1 heterocycles. The van der Waals surface area contributed by atoms with E-state index in [-0.39, 0.29) is 6.61 Å². The Morgan fingerprint density at radius 3 is 2.94 bits per heavy atom. The molecule has 0 fully saturated rings. The topological polar surface area (TPSA) is 52.1 Å². The van der Waals surface area contributed by atoms with E-state index in [0.29, 0.717) is 0 Å². The number of aromatic nitrogens is 2. The van der Waals surface area contributed by atoms with Gasteiger partial charge in [0.15, 0.2) is 0 Å². The van der Waals surface area contributed by atoms with Crippen molar-refractivity contribution in [2.45, 2.75) is 19.8 Å². The zero-order valence-corrected chi connectivity index (χ0v) is 10.4. The molecule has 17 heavy (non-hydrogen) atoms. The van der Waals surface area contributed by atoms with E-state index >= 15 is 0 Å². The number of anilines is 1. The second kappa shape index (κ2) is 5.19. The van der Waals surface area contributed by atoms with Crippen LogP contribution in [-0.4, -0.2) is 35.3 Å². The van der Waals surface area contributed by atoms with Gasteiger partial charge in [-0.2, -0.15) is 0 Å². The lowest BCUT2D eigenvalue weighted by atomic mass is 10.2. The van der Waals surface area contributed by atoms with Gasteiger partial charge in [0.25, 0.3) is 0 Å². The number of aromatic amines is 1. The van der Waals surface area contributed by atoms with Gasteiger partial charge < -0.3 is 15.0 Å². The maximum Gasteiger partial charge on any atom is 0.104 e. The third kappa shape index (κ3) is 2.77. The summed E-state index contributed by atoms with van der Waals surface area (Å²) in [5.41, 5.74) is 3.27. The van der Waals surface area contributed by atoms with Crippen LogP contribution in [-0.2, 0) is 0 Å². The van der Waals surface area contributed by atoms with E-state index in [2.05, 4.69) is 34.0 Å². The van der Waals surface area contributed by atoms with Crippen molar-refractivity contribution in [1.82, 2.24) is 9.97 Å². The highest BCUT2D eigenvalue weighted by Crippen LogP contribution is 2.20. The van der Waals surface area contributed by atoms with Crippen LogP contribution in [0.1, 0.15) is 18.7 Å². The molecule has 2 aromatic rings. The van der Waals surface area contributed by atoms with Crippen molar-refractivity contribution in [3.63, 3.8) is 0 Å². The lowest BCUT2D eigenvalue weighted by Crippen LogP contribution is -2.18. The highest BCUT2D eigenvalue weighted by molar-refractivity contribution is 5.79. The third-order valence-corrected chi connectivity index (χ3v) is 2.93. The SMILES string of the molecule is Cc1nc2ccc(N(C)CCCCO)cc2[nH]1. The molecule has 0 aliphatic rings. The summed E-state index contributed by atoms with van der Waals surface area (Å²) in [5, 5.41) is 8.76. The monoisotopic (exact) mass is 233 g/mol.